The van der Waals surface area contributed by atoms with Crippen LogP contribution in [0.5, 0.6) is 17.2 Å². The summed E-state index contributed by atoms with van der Waals surface area (Å²) in [7, 11) is 4.68. The van der Waals surface area contributed by atoms with Crippen LogP contribution < -0.4 is 19.8 Å². The van der Waals surface area contributed by atoms with Gasteiger partial charge in [0.15, 0.2) is 11.5 Å². The summed E-state index contributed by atoms with van der Waals surface area (Å²) in [5.41, 5.74) is 1.74. The Morgan fingerprint density at radius 1 is 1.04 bits per heavy atom. The zero-order valence-electron chi connectivity index (χ0n) is 15.0. The van der Waals surface area contributed by atoms with Gasteiger partial charge in [-0.1, -0.05) is 0 Å². The molecule has 0 atom stereocenters. The third-order valence-corrected chi connectivity index (χ3v) is 5.97. The zero-order chi connectivity index (χ0) is 18.3. The number of benzene rings is 1. The highest BCUT2D eigenvalue weighted by Gasteiger charge is 2.22. The number of thiophene rings is 1. The van der Waals surface area contributed by atoms with Crippen LogP contribution in [-0.2, 0) is 12.8 Å². The molecule has 0 aliphatic heterocycles. The molecule has 0 unspecified atom stereocenters. The molecule has 0 saturated carbocycles. The van der Waals surface area contributed by atoms with Gasteiger partial charge in [-0.15, -0.1) is 11.3 Å². The average molecular weight is 372 g/mol. The summed E-state index contributed by atoms with van der Waals surface area (Å²) in [5, 5.41) is 0.743. The largest absolute Gasteiger partial charge is 0.493 e. The maximum absolute atomic E-state index is 12.8. The monoisotopic (exact) mass is 372 g/mol. The fourth-order valence-electron chi connectivity index (χ4n) is 3.58. The van der Waals surface area contributed by atoms with E-state index in [0.717, 1.165) is 29.5 Å². The Labute approximate surface area is 154 Å². The Hall–Kier alpha value is -2.54. The number of nitrogens with one attached hydrogen (secondary N) is 1. The van der Waals surface area contributed by atoms with Gasteiger partial charge in [0.05, 0.1) is 32.3 Å². The molecular weight excluding hydrogens is 352 g/mol. The van der Waals surface area contributed by atoms with E-state index in [1.807, 2.05) is 6.07 Å². The molecule has 26 heavy (non-hydrogen) atoms. The highest BCUT2D eigenvalue weighted by atomic mass is 32.1. The van der Waals surface area contributed by atoms with Gasteiger partial charge in [0, 0.05) is 4.88 Å². The molecule has 0 spiro atoms. The van der Waals surface area contributed by atoms with Crippen molar-refractivity contribution in [3.05, 3.63) is 32.9 Å². The Morgan fingerprint density at radius 3 is 2.54 bits per heavy atom. The van der Waals surface area contributed by atoms with Crippen LogP contribution in [0.2, 0.25) is 0 Å². The molecule has 0 bridgehead atoms. The number of hydrogen-bond acceptors (Lipinski definition) is 6. The number of ether oxygens (including phenoxy) is 3. The lowest BCUT2D eigenvalue weighted by Crippen LogP contribution is -2.11. The molecule has 136 valence electrons. The minimum absolute atomic E-state index is 0.0961. The molecule has 7 heteroatoms. The summed E-state index contributed by atoms with van der Waals surface area (Å²) in [5.74, 6) is 1.98. The number of fused-ring (bicyclic) bond motifs is 3. The number of aromatic amines is 1. The van der Waals surface area contributed by atoms with E-state index >= 15 is 0 Å². The van der Waals surface area contributed by atoms with Crippen molar-refractivity contribution in [3.8, 4) is 28.6 Å². The van der Waals surface area contributed by atoms with E-state index in [1.165, 1.54) is 16.9 Å². The summed E-state index contributed by atoms with van der Waals surface area (Å²) < 4.78 is 16.3. The van der Waals surface area contributed by atoms with Crippen LogP contribution in [0, 0.1) is 0 Å². The second-order valence-corrected chi connectivity index (χ2v) is 7.27. The predicted octanol–water partition coefficient (Wildman–Crippen LogP) is 3.56. The van der Waals surface area contributed by atoms with Crippen LogP contribution in [-0.4, -0.2) is 31.3 Å². The summed E-state index contributed by atoms with van der Waals surface area (Å²) in [6.07, 6.45) is 4.29. The molecule has 4 rings (SSSR count). The molecule has 1 N–H and O–H groups in total. The van der Waals surface area contributed by atoms with Crippen molar-refractivity contribution in [1.82, 2.24) is 9.97 Å². The molecule has 1 aliphatic carbocycles. The van der Waals surface area contributed by atoms with Crippen LogP contribution in [0.25, 0.3) is 21.6 Å². The van der Waals surface area contributed by atoms with Crippen molar-refractivity contribution >= 4 is 21.6 Å². The number of rotatable bonds is 4. The third-order valence-electron chi connectivity index (χ3n) is 4.78. The van der Waals surface area contributed by atoms with Gasteiger partial charge >= 0.3 is 0 Å². The number of nitrogens with zero attached hydrogens (tertiary/aromatic N) is 1. The Kier molecular flexibility index (Phi) is 4.32. The van der Waals surface area contributed by atoms with Crippen molar-refractivity contribution in [2.24, 2.45) is 0 Å². The molecule has 6 nitrogen and oxygen atoms in total. The summed E-state index contributed by atoms with van der Waals surface area (Å²) >= 11 is 1.63. The van der Waals surface area contributed by atoms with Gasteiger partial charge in [0.25, 0.3) is 5.56 Å². The minimum atomic E-state index is -0.0961. The van der Waals surface area contributed by atoms with Crippen LogP contribution in [0.1, 0.15) is 23.3 Å². The third kappa shape index (κ3) is 2.54. The van der Waals surface area contributed by atoms with Crippen molar-refractivity contribution in [1.29, 1.82) is 0 Å². The van der Waals surface area contributed by atoms with E-state index in [4.69, 9.17) is 19.2 Å². The Bertz CT molecular complexity index is 1040. The highest BCUT2D eigenvalue weighted by Crippen LogP contribution is 2.43. The van der Waals surface area contributed by atoms with Gasteiger partial charge < -0.3 is 19.2 Å². The van der Waals surface area contributed by atoms with E-state index in [-0.39, 0.29) is 5.56 Å². The number of aromatic nitrogens is 2. The first-order chi connectivity index (χ1) is 12.7. The topological polar surface area (TPSA) is 73.4 Å². The van der Waals surface area contributed by atoms with Gasteiger partial charge in [-0.2, -0.15) is 0 Å². The van der Waals surface area contributed by atoms with Gasteiger partial charge in [0.2, 0.25) is 5.75 Å². The molecule has 1 aromatic carbocycles. The number of aryl methyl sites for hydroxylation is 2. The Balaban J connectivity index is 1.94. The first kappa shape index (κ1) is 16.9. The molecule has 0 amide bonds. The first-order valence-corrected chi connectivity index (χ1v) is 9.33. The minimum Gasteiger partial charge on any atom is -0.493 e. The maximum atomic E-state index is 12.8. The normalized spacial score (nSPS) is 13.5. The molecule has 3 aromatic rings. The molecule has 2 heterocycles. The van der Waals surface area contributed by atoms with Crippen molar-refractivity contribution < 1.29 is 14.2 Å². The van der Waals surface area contributed by atoms with Gasteiger partial charge in [-0.3, -0.25) is 4.79 Å². The lowest BCUT2D eigenvalue weighted by atomic mass is 9.97. The van der Waals surface area contributed by atoms with E-state index in [1.54, 1.807) is 38.7 Å². The quantitative estimate of drug-likeness (QED) is 0.758. The van der Waals surface area contributed by atoms with Gasteiger partial charge in [-0.25, -0.2) is 4.98 Å². The number of methoxy groups -OCH3 is 3. The molecule has 0 radical (unpaired) electrons. The van der Waals surface area contributed by atoms with Crippen molar-refractivity contribution in [3.63, 3.8) is 0 Å². The van der Waals surface area contributed by atoms with Gasteiger partial charge in [0.1, 0.15) is 10.7 Å². The Morgan fingerprint density at radius 2 is 1.81 bits per heavy atom. The highest BCUT2D eigenvalue weighted by molar-refractivity contribution is 7.18. The molecular formula is C19H20N2O4S. The standard InChI is InChI=1S/C19H20N2O4S/c1-23-12-9-8-11(15(24-2)16(12)25-3)17-20-18(22)14-10-6-4-5-7-13(10)26-19(14)21-17/h8-9H,4-7H2,1-3H3,(H,20,21,22). The van der Waals surface area contributed by atoms with E-state index < -0.39 is 0 Å². The lowest BCUT2D eigenvalue weighted by molar-refractivity contribution is 0.325. The van der Waals surface area contributed by atoms with E-state index in [9.17, 15) is 4.79 Å². The van der Waals surface area contributed by atoms with Crippen molar-refractivity contribution in [2.75, 3.05) is 21.3 Å². The summed E-state index contributed by atoms with van der Waals surface area (Å²) in [4.78, 5) is 22.5. The fraction of sp³-hybridized carbons (Fsp3) is 0.368. The predicted molar refractivity (Wildman–Crippen MR) is 102 cm³/mol. The molecule has 1 aliphatic rings. The SMILES string of the molecule is COc1ccc(-c2nc3sc4c(c3c(=O)[nH]2)CCCC4)c(OC)c1OC. The molecule has 0 fully saturated rings. The van der Waals surface area contributed by atoms with Crippen LogP contribution in [0.3, 0.4) is 0 Å². The fourth-order valence-corrected chi connectivity index (χ4v) is 4.84. The maximum Gasteiger partial charge on any atom is 0.260 e. The van der Waals surface area contributed by atoms with Gasteiger partial charge in [-0.05, 0) is 43.4 Å². The summed E-state index contributed by atoms with van der Waals surface area (Å²) in [6.45, 7) is 0. The van der Waals surface area contributed by atoms with Crippen molar-refractivity contribution in [2.45, 2.75) is 25.7 Å². The smallest absolute Gasteiger partial charge is 0.260 e. The zero-order valence-corrected chi connectivity index (χ0v) is 15.8. The lowest BCUT2D eigenvalue weighted by Gasteiger charge is -2.15. The van der Waals surface area contributed by atoms with E-state index in [0.29, 0.717) is 28.6 Å². The molecule has 2 aromatic heterocycles. The molecule has 0 saturated heterocycles. The number of H-pyrrole nitrogens is 1. The second-order valence-electron chi connectivity index (χ2n) is 6.19. The van der Waals surface area contributed by atoms with E-state index in [2.05, 4.69) is 4.98 Å². The van der Waals surface area contributed by atoms with Crippen LogP contribution in [0.15, 0.2) is 16.9 Å². The summed E-state index contributed by atoms with van der Waals surface area (Å²) in [6, 6.07) is 3.60. The second kappa shape index (κ2) is 6.64. The number of hydrogen-bond donors (Lipinski definition) is 1. The average Bonchev–Trinajstić information content (AvgIpc) is 3.05. The van der Waals surface area contributed by atoms with Crippen LogP contribution in [0.4, 0.5) is 0 Å². The first-order valence-electron chi connectivity index (χ1n) is 8.51. The van der Waals surface area contributed by atoms with Crippen LogP contribution >= 0.6 is 11.3 Å².